The van der Waals surface area contributed by atoms with Gasteiger partial charge in [0.15, 0.2) is 0 Å². The fourth-order valence-corrected chi connectivity index (χ4v) is 4.20. The van der Waals surface area contributed by atoms with Crippen molar-refractivity contribution in [3.63, 3.8) is 0 Å². The molecule has 1 aliphatic heterocycles. The van der Waals surface area contributed by atoms with E-state index in [1.807, 2.05) is 69.9 Å². The Labute approximate surface area is 211 Å². The molecule has 2 N–H and O–H groups in total. The Morgan fingerprint density at radius 3 is 2.50 bits per heavy atom. The number of carbonyl (C=O) groups excluding carboxylic acids is 2. The molecular weight excluding hydrogens is 460 g/mol. The fraction of sp³-hybridized carbons (Fsp3) is 0.407. The summed E-state index contributed by atoms with van der Waals surface area (Å²) in [5, 5.41) is 17.1. The molecule has 0 aliphatic carbocycles. The summed E-state index contributed by atoms with van der Waals surface area (Å²) in [7, 11) is 0. The van der Waals surface area contributed by atoms with E-state index in [2.05, 4.69) is 10.6 Å². The molecule has 0 spiro atoms. The quantitative estimate of drug-likeness (QED) is 0.370. The minimum atomic E-state index is -0.558. The van der Waals surface area contributed by atoms with Crippen LogP contribution in [0.3, 0.4) is 0 Å². The summed E-state index contributed by atoms with van der Waals surface area (Å²) in [4.78, 5) is 37.1. The number of ether oxygens (including phenoxy) is 1. The van der Waals surface area contributed by atoms with Gasteiger partial charge in [-0.05, 0) is 63.4 Å². The van der Waals surface area contributed by atoms with Gasteiger partial charge in [-0.25, -0.2) is 4.79 Å². The molecule has 2 aromatic carbocycles. The molecule has 0 saturated carbocycles. The van der Waals surface area contributed by atoms with Crippen LogP contribution >= 0.6 is 0 Å². The molecule has 0 bridgehead atoms. The normalized spacial score (nSPS) is 17.4. The second-order valence-electron chi connectivity index (χ2n) is 9.81. The van der Waals surface area contributed by atoms with E-state index in [4.69, 9.17) is 4.74 Å². The first-order valence-electron chi connectivity index (χ1n) is 12.1. The van der Waals surface area contributed by atoms with Crippen LogP contribution in [0, 0.1) is 10.1 Å². The van der Waals surface area contributed by atoms with Crippen molar-refractivity contribution in [3.8, 4) is 0 Å². The van der Waals surface area contributed by atoms with Crippen molar-refractivity contribution >= 4 is 35.1 Å². The zero-order chi connectivity index (χ0) is 26.5. The summed E-state index contributed by atoms with van der Waals surface area (Å²) in [6, 6.07) is 12.2. The number of anilines is 2. The standard InChI is InChI=1S/C27H34N4O5/c1-6-25(32)30-18(2)16-23(29-20-10-12-21(13-11-20)31(34)35)22-14-9-19(17-24(22)30)8-7-15-28-26(33)36-27(3,4)5/h7-14,17-18,23,29H,6,15-16H2,1-5H3,(H,28,33)/b8-7+/t18-,23+/m0/s1. The maximum absolute atomic E-state index is 12.8. The fourth-order valence-electron chi connectivity index (χ4n) is 4.20. The molecule has 3 rings (SSSR count). The topological polar surface area (TPSA) is 114 Å². The average molecular weight is 495 g/mol. The predicted molar refractivity (Wildman–Crippen MR) is 141 cm³/mol. The Hall–Kier alpha value is -3.88. The van der Waals surface area contributed by atoms with Gasteiger partial charge in [0, 0.05) is 42.5 Å². The Kier molecular flexibility index (Phi) is 8.34. The first-order valence-corrected chi connectivity index (χ1v) is 12.1. The van der Waals surface area contributed by atoms with Gasteiger partial charge in [-0.3, -0.25) is 14.9 Å². The van der Waals surface area contributed by atoms with Crippen LogP contribution in [-0.2, 0) is 9.53 Å². The number of benzene rings is 2. The maximum Gasteiger partial charge on any atom is 0.407 e. The van der Waals surface area contributed by atoms with Gasteiger partial charge < -0.3 is 20.3 Å². The molecule has 9 heteroatoms. The van der Waals surface area contributed by atoms with Crippen LogP contribution in [0.5, 0.6) is 0 Å². The highest BCUT2D eigenvalue weighted by atomic mass is 16.6. The van der Waals surface area contributed by atoms with Gasteiger partial charge >= 0.3 is 6.09 Å². The molecule has 0 aromatic heterocycles. The number of amides is 2. The van der Waals surface area contributed by atoms with Crippen LogP contribution in [0.1, 0.15) is 64.6 Å². The number of alkyl carbamates (subject to hydrolysis) is 1. The van der Waals surface area contributed by atoms with Gasteiger partial charge in [0.2, 0.25) is 5.91 Å². The molecule has 2 amide bonds. The largest absolute Gasteiger partial charge is 0.444 e. The predicted octanol–water partition coefficient (Wildman–Crippen LogP) is 5.82. The molecule has 0 saturated heterocycles. The van der Waals surface area contributed by atoms with E-state index in [0.717, 1.165) is 22.5 Å². The van der Waals surface area contributed by atoms with Crippen molar-refractivity contribution in [1.29, 1.82) is 0 Å². The summed E-state index contributed by atoms with van der Waals surface area (Å²) in [5.74, 6) is 0.0465. The summed E-state index contributed by atoms with van der Waals surface area (Å²) in [6.45, 7) is 9.61. The SMILES string of the molecule is CCC(=O)N1c2cc(/C=C/CNC(=O)OC(C)(C)C)ccc2[C@H](Nc2ccc([N+](=O)[O-])cc2)C[C@@H]1C. The zero-order valence-corrected chi connectivity index (χ0v) is 21.4. The van der Waals surface area contributed by atoms with E-state index >= 15 is 0 Å². The molecule has 2 aromatic rings. The summed E-state index contributed by atoms with van der Waals surface area (Å²) >= 11 is 0. The van der Waals surface area contributed by atoms with Crippen molar-refractivity contribution < 1.29 is 19.2 Å². The number of nitro groups is 1. The van der Waals surface area contributed by atoms with Crippen molar-refractivity contribution in [1.82, 2.24) is 5.32 Å². The third-order valence-electron chi connectivity index (χ3n) is 5.77. The highest BCUT2D eigenvalue weighted by molar-refractivity contribution is 5.95. The average Bonchev–Trinajstić information content (AvgIpc) is 2.80. The van der Waals surface area contributed by atoms with Crippen molar-refractivity contribution in [2.45, 2.75) is 65.1 Å². The van der Waals surface area contributed by atoms with Gasteiger partial charge in [0.1, 0.15) is 5.60 Å². The smallest absolute Gasteiger partial charge is 0.407 e. The number of fused-ring (bicyclic) bond motifs is 1. The molecule has 2 atom stereocenters. The first-order chi connectivity index (χ1) is 17.0. The van der Waals surface area contributed by atoms with E-state index in [9.17, 15) is 19.7 Å². The number of nitrogens with zero attached hydrogens (tertiary/aromatic N) is 2. The Morgan fingerprint density at radius 1 is 1.19 bits per heavy atom. The molecule has 1 aliphatic rings. The Bertz CT molecular complexity index is 1140. The van der Waals surface area contributed by atoms with Gasteiger partial charge in [-0.2, -0.15) is 0 Å². The van der Waals surface area contributed by atoms with E-state index < -0.39 is 16.6 Å². The monoisotopic (exact) mass is 494 g/mol. The van der Waals surface area contributed by atoms with Crippen LogP contribution in [0.15, 0.2) is 48.5 Å². The van der Waals surface area contributed by atoms with E-state index in [1.54, 1.807) is 12.1 Å². The summed E-state index contributed by atoms with van der Waals surface area (Å²) in [5.41, 5.74) is 2.97. The molecule has 1 heterocycles. The number of non-ortho nitro benzene ring substituents is 1. The van der Waals surface area contributed by atoms with Crippen molar-refractivity contribution in [2.75, 3.05) is 16.8 Å². The second-order valence-corrected chi connectivity index (χ2v) is 9.81. The van der Waals surface area contributed by atoms with Gasteiger partial charge in [-0.1, -0.05) is 31.2 Å². The van der Waals surface area contributed by atoms with E-state index in [1.165, 1.54) is 12.1 Å². The lowest BCUT2D eigenvalue weighted by atomic mass is 9.90. The van der Waals surface area contributed by atoms with Gasteiger partial charge in [0.05, 0.1) is 11.0 Å². The molecule has 36 heavy (non-hydrogen) atoms. The lowest BCUT2D eigenvalue weighted by molar-refractivity contribution is -0.384. The van der Waals surface area contributed by atoms with E-state index in [0.29, 0.717) is 19.4 Å². The first kappa shape index (κ1) is 26.7. The number of hydrogen-bond acceptors (Lipinski definition) is 6. The molecule has 0 fully saturated rings. The maximum atomic E-state index is 12.8. The zero-order valence-electron chi connectivity index (χ0n) is 21.4. The van der Waals surface area contributed by atoms with Crippen LogP contribution in [0.4, 0.5) is 21.9 Å². The summed E-state index contributed by atoms with van der Waals surface area (Å²) in [6.07, 6.45) is 4.33. The number of nitrogens with one attached hydrogen (secondary N) is 2. The number of nitro benzene ring substituents is 1. The third kappa shape index (κ3) is 6.84. The molecule has 9 nitrogen and oxygen atoms in total. The van der Waals surface area contributed by atoms with Crippen molar-refractivity contribution in [2.24, 2.45) is 0 Å². The number of hydrogen-bond donors (Lipinski definition) is 2. The lowest BCUT2D eigenvalue weighted by Crippen LogP contribution is -2.44. The van der Waals surface area contributed by atoms with Crippen LogP contribution in [0.25, 0.3) is 6.08 Å². The van der Waals surface area contributed by atoms with Crippen molar-refractivity contribution in [3.05, 3.63) is 69.8 Å². The second kappa shape index (κ2) is 11.2. The van der Waals surface area contributed by atoms with Crippen LogP contribution < -0.4 is 15.5 Å². The van der Waals surface area contributed by atoms with E-state index in [-0.39, 0.29) is 23.7 Å². The molecular formula is C27H34N4O5. The number of rotatable bonds is 7. The highest BCUT2D eigenvalue weighted by Crippen LogP contribution is 2.40. The van der Waals surface area contributed by atoms with Crippen LogP contribution in [0.2, 0.25) is 0 Å². The lowest BCUT2D eigenvalue weighted by Gasteiger charge is -2.40. The van der Waals surface area contributed by atoms with Gasteiger partial charge in [0.25, 0.3) is 5.69 Å². The Balaban J connectivity index is 1.81. The minimum absolute atomic E-state index is 0.0337. The molecule has 0 unspecified atom stereocenters. The summed E-state index contributed by atoms with van der Waals surface area (Å²) < 4.78 is 5.24. The molecule has 192 valence electrons. The van der Waals surface area contributed by atoms with Crippen LogP contribution in [-0.4, -0.2) is 35.1 Å². The Morgan fingerprint density at radius 2 is 1.89 bits per heavy atom. The highest BCUT2D eigenvalue weighted by Gasteiger charge is 2.33. The number of carbonyl (C=O) groups is 2. The molecule has 0 radical (unpaired) electrons. The minimum Gasteiger partial charge on any atom is -0.444 e. The van der Waals surface area contributed by atoms with Gasteiger partial charge in [-0.15, -0.1) is 0 Å². The third-order valence-corrected chi connectivity index (χ3v) is 5.77.